The zero-order chi connectivity index (χ0) is 16.6. The van der Waals surface area contributed by atoms with Crippen molar-refractivity contribution >= 4 is 10.0 Å². The van der Waals surface area contributed by atoms with Gasteiger partial charge in [0.25, 0.3) is 0 Å². The summed E-state index contributed by atoms with van der Waals surface area (Å²) in [6.07, 6.45) is 3.61. The Labute approximate surface area is 135 Å². The zero-order valence-electron chi connectivity index (χ0n) is 13.0. The average Bonchev–Trinajstić information content (AvgIpc) is 3.25. The maximum Gasteiger partial charge on any atom is 0.214 e. The quantitative estimate of drug-likeness (QED) is 0.914. The van der Waals surface area contributed by atoms with Crippen molar-refractivity contribution in [2.24, 2.45) is 0 Å². The van der Waals surface area contributed by atoms with E-state index in [1.54, 1.807) is 20.0 Å². The number of sulfonamides is 1. The van der Waals surface area contributed by atoms with Crippen LogP contribution < -0.4 is 4.72 Å². The third kappa shape index (κ3) is 3.59. The van der Waals surface area contributed by atoms with Crippen molar-refractivity contribution in [1.29, 1.82) is 0 Å². The Balaban J connectivity index is 1.70. The highest BCUT2D eigenvalue weighted by molar-refractivity contribution is 7.90. The fraction of sp³-hybridized carbons (Fsp3) is 0.353. The van der Waals surface area contributed by atoms with E-state index in [0.29, 0.717) is 0 Å². The Kier molecular flexibility index (Phi) is 4.21. The molecule has 0 amide bonds. The molecular weight excluding hydrogens is 315 g/mol. The highest BCUT2D eigenvalue weighted by Gasteiger charge is 2.41. The smallest absolute Gasteiger partial charge is 0.214 e. The van der Waals surface area contributed by atoms with Crippen LogP contribution in [0.15, 0.2) is 42.7 Å². The van der Waals surface area contributed by atoms with Gasteiger partial charge in [0.15, 0.2) is 0 Å². The van der Waals surface area contributed by atoms with Gasteiger partial charge >= 0.3 is 0 Å². The number of pyridine rings is 1. The molecule has 1 aliphatic carbocycles. The van der Waals surface area contributed by atoms with Crippen molar-refractivity contribution in [2.45, 2.75) is 37.5 Å². The summed E-state index contributed by atoms with van der Waals surface area (Å²) in [4.78, 5) is 3.85. The topological polar surface area (TPSA) is 59.1 Å². The van der Waals surface area contributed by atoms with E-state index in [9.17, 15) is 12.8 Å². The second kappa shape index (κ2) is 6.02. The molecule has 1 heterocycles. The predicted molar refractivity (Wildman–Crippen MR) is 88.0 cm³/mol. The fourth-order valence-corrected chi connectivity index (χ4v) is 3.49. The van der Waals surface area contributed by atoms with Crippen LogP contribution in [0.25, 0.3) is 11.1 Å². The standard InChI is InChI=1S/C17H19FN2O2S/c1-11(2)23(21,22)20-17-8-16(17)13-5-3-12(4-6-13)14-7-15(18)10-19-9-14/h3-7,9-11,16-17,20H,8H2,1-2H3/t16-,17+/m1/s1. The summed E-state index contributed by atoms with van der Waals surface area (Å²) in [5.41, 5.74) is 2.71. The molecule has 1 aromatic heterocycles. The normalized spacial score (nSPS) is 20.7. The fourth-order valence-electron chi connectivity index (χ4n) is 2.53. The van der Waals surface area contributed by atoms with Crippen LogP contribution in [0.1, 0.15) is 31.7 Å². The van der Waals surface area contributed by atoms with E-state index in [0.717, 1.165) is 23.1 Å². The van der Waals surface area contributed by atoms with Crippen LogP contribution in [-0.2, 0) is 10.0 Å². The lowest BCUT2D eigenvalue weighted by Crippen LogP contribution is -2.33. The molecule has 122 valence electrons. The molecule has 4 nitrogen and oxygen atoms in total. The third-order valence-corrected chi connectivity index (χ3v) is 5.98. The molecule has 0 bridgehead atoms. The summed E-state index contributed by atoms with van der Waals surface area (Å²) in [5.74, 6) is -0.153. The van der Waals surface area contributed by atoms with Gasteiger partial charge in [-0.1, -0.05) is 24.3 Å². The molecule has 0 unspecified atom stereocenters. The molecule has 0 radical (unpaired) electrons. The van der Waals surface area contributed by atoms with Crippen LogP contribution in [0.3, 0.4) is 0 Å². The number of hydrogen-bond donors (Lipinski definition) is 1. The SMILES string of the molecule is CC(C)S(=O)(=O)N[C@H]1C[C@@H]1c1ccc(-c2cncc(F)c2)cc1. The van der Waals surface area contributed by atoms with Gasteiger partial charge in [0.2, 0.25) is 10.0 Å². The number of nitrogens with zero attached hydrogens (tertiary/aromatic N) is 1. The van der Waals surface area contributed by atoms with Crippen molar-refractivity contribution in [2.75, 3.05) is 0 Å². The molecule has 0 saturated heterocycles. The number of benzene rings is 1. The summed E-state index contributed by atoms with van der Waals surface area (Å²) >= 11 is 0. The number of nitrogens with one attached hydrogen (secondary N) is 1. The monoisotopic (exact) mass is 334 g/mol. The van der Waals surface area contributed by atoms with Gasteiger partial charge in [-0.25, -0.2) is 17.5 Å². The molecule has 1 aromatic carbocycles. The first-order valence-corrected chi connectivity index (χ1v) is 9.13. The Morgan fingerprint density at radius 3 is 2.48 bits per heavy atom. The number of halogens is 1. The Morgan fingerprint density at radius 2 is 1.87 bits per heavy atom. The van der Waals surface area contributed by atoms with Crippen LogP contribution in [0.4, 0.5) is 4.39 Å². The zero-order valence-corrected chi connectivity index (χ0v) is 13.8. The van der Waals surface area contributed by atoms with Crippen molar-refractivity contribution in [1.82, 2.24) is 9.71 Å². The third-order valence-electron chi connectivity index (χ3n) is 4.10. The Bertz CT molecular complexity index is 804. The summed E-state index contributed by atoms with van der Waals surface area (Å²) in [6, 6.07) is 9.18. The minimum Gasteiger partial charge on any atom is -0.261 e. The largest absolute Gasteiger partial charge is 0.261 e. The first-order chi connectivity index (χ1) is 10.9. The molecular formula is C17H19FN2O2S. The molecule has 1 saturated carbocycles. The lowest BCUT2D eigenvalue weighted by molar-refractivity contribution is 0.571. The second-order valence-electron chi connectivity index (χ2n) is 6.17. The summed E-state index contributed by atoms with van der Waals surface area (Å²) in [5, 5.41) is -0.424. The molecule has 6 heteroatoms. The summed E-state index contributed by atoms with van der Waals surface area (Å²) in [6.45, 7) is 3.34. The van der Waals surface area contributed by atoms with Gasteiger partial charge in [0.05, 0.1) is 11.4 Å². The van der Waals surface area contributed by atoms with E-state index in [4.69, 9.17) is 0 Å². The van der Waals surface area contributed by atoms with Crippen molar-refractivity contribution < 1.29 is 12.8 Å². The van der Waals surface area contributed by atoms with Gasteiger partial charge in [-0.3, -0.25) is 4.98 Å². The van der Waals surface area contributed by atoms with Crippen LogP contribution >= 0.6 is 0 Å². The van der Waals surface area contributed by atoms with E-state index >= 15 is 0 Å². The minimum atomic E-state index is -3.23. The maximum atomic E-state index is 13.2. The lowest BCUT2D eigenvalue weighted by atomic mass is 10.0. The van der Waals surface area contributed by atoms with Crippen LogP contribution in [-0.4, -0.2) is 24.7 Å². The molecule has 0 aliphatic heterocycles. The molecule has 1 aliphatic rings. The highest BCUT2D eigenvalue weighted by atomic mass is 32.2. The van der Waals surface area contributed by atoms with Crippen LogP contribution in [0, 0.1) is 5.82 Å². The first kappa shape index (κ1) is 16.1. The molecule has 2 atom stereocenters. The average molecular weight is 334 g/mol. The van der Waals surface area contributed by atoms with Gasteiger partial charge < -0.3 is 0 Å². The van der Waals surface area contributed by atoms with Gasteiger partial charge in [-0.05, 0) is 37.5 Å². The highest BCUT2D eigenvalue weighted by Crippen LogP contribution is 2.41. The summed E-state index contributed by atoms with van der Waals surface area (Å²) < 4.78 is 39.7. The van der Waals surface area contributed by atoms with E-state index < -0.39 is 15.3 Å². The molecule has 23 heavy (non-hydrogen) atoms. The molecule has 1 fully saturated rings. The van der Waals surface area contributed by atoms with Gasteiger partial charge in [-0.2, -0.15) is 0 Å². The number of rotatable bonds is 5. The lowest BCUT2D eigenvalue weighted by Gasteiger charge is -2.09. The maximum absolute atomic E-state index is 13.2. The van der Waals surface area contributed by atoms with Crippen molar-refractivity contribution in [3.8, 4) is 11.1 Å². The van der Waals surface area contributed by atoms with E-state index in [-0.39, 0.29) is 17.8 Å². The summed E-state index contributed by atoms with van der Waals surface area (Å²) in [7, 11) is -3.23. The van der Waals surface area contributed by atoms with Gasteiger partial charge in [-0.15, -0.1) is 0 Å². The minimum absolute atomic E-state index is 0.0240. The predicted octanol–water partition coefficient (Wildman–Crippen LogP) is 3.07. The Morgan fingerprint density at radius 1 is 1.17 bits per heavy atom. The molecule has 3 rings (SSSR count). The van der Waals surface area contributed by atoms with E-state index in [1.165, 1.54) is 12.3 Å². The van der Waals surface area contributed by atoms with Crippen LogP contribution in [0.2, 0.25) is 0 Å². The molecule has 2 aromatic rings. The van der Waals surface area contributed by atoms with Crippen molar-refractivity contribution in [3.63, 3.8) is 0 Å². The van der Waals surface area contributed by atoms with E-state index in [2.05, 4.69) is 9.71 Å². The van der Waals surface area contributed by atoms with Gasteiger partial charge in [0.1, 0.15) is 5.82 Å². The molecule has 1 N–H and O–H groups in total. The first-order valence-electron chi connectivity index (χ1n) is 7.59. The second-order valence-corrected chi connectivity index (χ2v) is 8.44. The Hall–Kier alpha value is -1.79. The number of hydrogen-bond acceptors (Lipinski definition) is 3. The van der Waals surface area contributed by atoms with E-state index in [1.807, 2.05) is 24.3 Å². The van der Waals surface area contributed by atoms with Crippen LogP contribution in [0.5, 0.6) is 0 Å². The van der Waals surface area contributed by atoms with Gasteiger partial charge in [0, 0.05) is 23.7 Å². The number of aromatic nitrogens is 1. The van der Waals surface area contributed by atoms with Crippen molar-refractivity contribution in [3.05, 3.63) is 54.1 Å². The molecule has 0 spiro atoms.